The largest absolute Gasteiger partial charge is 0.362 e. The van der Waals surface area contributed by atoms with Gasteiger partial charge in [0.05, 0.1) is 10.0 Å². The van der Waals surface area contributed by atoms with Gasteiger partial charge < -0.3 is 5.32 Å². The number of hydrogen-bond acceptors (Lipinski definition) is 3. The van der Waals surface area contributed by atoms with Gasteiger partial charge in [0.25, 0.3) is 0 Å². The first-order valence-corrected chi connectivity index (χ1v) is 6.30. The second-order valence-electron chi connectivity index (χ2n) is 3.47. The van der Waals surface area contributed by atoms with Crippen LogP contribution < -0.4 is 5.32 Å². The number of hydrogen-bond donors (Lipinski definition) is 1. The minimum absolute atomic E-state index is 0.0849. The Morgan fingerprint density at radius 3 is 2.60 bits per heavy atom. The zero-order valence-electron chi connectivity index (χ0n) is 8.93. The van der Waals surface area contributed by atoms with Crippen LogP contribution in [0.5, 0.6) is 0 Å². The highest BCUT2D eigenvalue weighted by molar-refractivity contribution is 9.10. The summed E-state index contributed by atoms with van der Waals surface area (Å²) >= 11 is 9.41. The van der Waals surface area contributed by atoms with Gasteiger partial charge in [-0.2, -0.15) is 0 Å². The molecule has 1 aromatic heterocycles. The summed E-state index contributed by atoms with van der Waals surface area (Å²) in [6, 6.07) is 0. The number of nitrogens with one attached hydrogen (secondary N) is 1. The molecule has 0 aliphatic heterocycles. The third kappa shape index (κ3) is 3.05. The molecule has 5 heteroatoms. The molecule has 1 rings (SSSR count). The van der Waals surface area contributed by atoms with E-state index in [0.717, 1.165) is 23.1 Å². The minimum atomic E-state index is -0.0849. The zero-order valence-corrected chi connectivity index (χ0v) is 11.3. The molecule has 0 bridgehead atoms. The summed E-state index contributed by atoms with van der Waals surface area (Å²) in [5.41, 5.74) is -0.0849. The molecule has 0 aliphatic rings. The van der Waals surface area contributed by atoms with E-state index in [1.165, 1.54) is 6.33 Å². The summed E-state index contributed by atoms with van der Waals surface area (Å²) in [5.74, 6) is 1.37. The Hall–Kier alpha value is -0.350. The third-order valence-corrected chi connectivity index (χ3v) is 3.75. The molecule has 0 atom stereocenters. The molecule has 0 saturated carbocycles. The average Bonchev–Trinajstić information content (AvgIpc) is 2.29. The number of aromatic nitrogens is 2. The monoisotopic (exact) mass is 291 g/mol. The van der Waals surface area contributed by atoms with Crippen molar-refractivity contribution in [2.24, 2.45) is 0 Å². The van der Waals surface area contributed by atoms with Crippen molar-refractivity contribution >= 4 is 33.3 Å². The summed E-state index contributed by atoms with van der Waals surface area (Å²) in [6.45, 7) is 4.24. The van der Waals surface area contributed by atoms with Crippen LogP contribution >= 0.6 is 27.5 Å². The van der Waals surface area contributed by atoms with Crippen LogP contribution in [-0.4, -0.2) is 21.4 Å². The molecule has 0 aliphatic carbocycles. The zero-order chi connectivity index (χ0) is 11.3. The molecule has 84 valence electrons. The molecule has 0 fully saturated rings. The van der Waals surface area contributed by atoms with Crippen LogP contribution in [0.4, 0.5) is 5.82 Å². The Balaban J connectivity index is 2.88. The molecule has 0 unspecified atom stereocenters. The summed E-state index contributed by atoms with van der Waals surface area (Å²) in [4.78, 5) is 8.10. The molecule has 0 aromatic carbocycles. The maximum absolute atomic E-state index is 6.01. The Bertz CT molecular complexity index is 307. The standard InChI is InChI=1S/C10H15BrClN3/c1-3-10(4-2,6-12)15-9-8(11)5-13-7-14-9/h5,7H,3-4,6H2,1-2H3,(H,13,14,15). The van der Waals surface area contributed by atoms with Gasteiger partial charge in [0, 0.05) is 12.1 Å². The first-order valence-electron chi connectivity index (χ1n) is 4.97. The highest BCUT2D eigenvalue weighted by Gasteiger charge is 2.25. The van der Waals surface area contributed by atoms with Gasteiger partial charge >= 0.3 is 0 Å². The maximum atomic E-state index is 6.01. The van der Waals surface area contributed by atoms with Gasteiger partial charge in [0.15, 0.2) is 0 Å². The van der Waals surface area contributed by atoms with Crippen molar-refractivity contribution in [1.82, 2.24) is 9.97 Å². The highest BCUT2D eigenvalue weighted by atomic mass is 79.9. The number of alkyl halides is 1. The number of halogens is 2. The number of rotatable bonds is 5. The van der Waals surface area contributed by atoms with E-state index in [4.69, 9.17) is 11.6 Å². The van der Waals surface area contributed by atoms with Gasteiger partial charge in [0.1, 0.15) is 12.1 Å². The van der Waals surface area contributed by atoms with Gasteiger partial charge in [-0.3, -0.25) is 0 Å². The highest BCUT2D eigenvalue weighted by Crippen LogP contribution is 2.26. The lowest BCUT2D eigenvalue weighted by Gasteiger charge is -2.31. The van der Waals surface area contributed by atoms with Crippen molar-refractivity contribution < 1.29 is 0 Å². The van der Waals surface area contributed by atoms with Crippen LogP contribution in [0, 0.1) is 0 Å². The van der Waals surface area contributed by atoms with Crippen LogP contribution in [0.3, 0.4) is 0 Å². The molecule has 0 amide bonds. The number of nitrogens with zero attached hydrogens (tertiary/aromatic N) is 2. The second-order valence-corrected chi connectivity index (χ2v) is 4.59. The lowest BCUT2D eigenvalue weighted by atomic mass is 9.95. The summed E-state index contributed by atoms with van der Waals surface area (Å²) in [7, 11) is 0. The maximum Gasteiger partial charge on any atom is 0.144 e. The van der Waals surface area contributed by atoms with Crippen LogP contribution in [0.15, 0.2) is 17.0 Å². The average molecular weight is 293 g/mol. The fraction of sp³-hybridized carbons (Fsp3) is 0.600. The van der Waals surface area contributed by atoms with Crippen LogP contribution in [0.1, 0.15) is 26.7 Å². The first kappa shape index (κ1) is 12.7. The molecular weight excluding hydrogens is 277 g/mol. The fourth-order valence-corrected chi connectivity index (χ4v) is 2.07. The van der Waals surface area contributed by atoms with E-state index in [1.807, 2.05) is 0 Å². The predicted octanol–water partition coefficient (Wildman–Crippen LogP) is 3.45. The Labute approximate surface area is 104 Å². The normalized spacial score (nSPS) is 11.5. The quantitative estimate of drug-likeness (QED) is 0.845. The van der Waals surface area contributed by atoms with Crippen molar-refractivity contribution in [2.75, 3.05) is 11.2 Å². The lowest BCUT2D eigenvalue weighted by Crippen LogP contribution is -2.39. The van der Waals surface area contributed by atoms with Crippen LogP contribution in [0.25, 0.3) is 0 Å². The summed E-state index contributed by atoms with van der Waals surface area (Å²) in [5, 5.41) is 3.38. The van der Waals surface area contributed by atoms with Gasteiger partial charge in [-0.1, -0.05) is 13.8 Å². The molecule has 0 saturated heterocycles. The van der Waals surface area contributed by atoms with Crippen LogP contribution in [0.2, 0.25) is 0 Å². The van der Waals surface area contributed by atoms with E-state index >= 15 is 0 Å². The number of anilines is 1. The molecule has 0 radical (unpaired) electrons. The summed E-state index contributed by atoms with van der Waals surface area (Å²) < 4.78 is 0.862. The lowest BCUT2D eigenvalue weighted by molar-refractivity contribution is 0.482. The van der Waals surface area contributed by atoms with Gasteiger partial charge in [0.2, 0.25) is 0 Å². The van der Waals surface area contributed by atoms with Gasteiger partial charge in [-0.05, 0) is 28.8 Å². The van der Waals surface area contributed by atoms with Crippen molar-refractivity contribution in [2.45, 2.75) is 32.2 Å². The molecule has 1 aromatic rings. The first-order chi connectivity index (χ1) is 7.17. The van der Waals surface area contributed by atoms with E-state index in [-0.39, 0.29) is 5.54 Å². The van der Waals surface area contributed by atoms with E-state index in [0.29, 0.717) is 5.88 Å². The molecule has 3 nitrogen and oxygen atoms in total. The van der Waals surface area contributed by atoms with Crippen molar-refractivity contribution in [3.63, 3.8) is 0 Å². The van der Waals surface area contributed by atoms with Crippen molar-refractivity contribution in [3.8, 4) is 0 Å². The van der Waals surface area contributed by atoms with Crippen molar-refractivity contribution in [3.05, 3.63) is 17.0 Å². The molecule has 15 heavy (non-hydrogen) atoms. The molecule has 1 N–H and O–H groups in total. The van der Waals surface area contributed by atoms with Crippen LogP contribution in [-0.2, 0) is 0 Å². The SMILES string of the molecule is CCC(CC)(CCl)Nc1ncncc1Br. The Morgan fingerprint density at radius 1 is 1.47 bits per heavy atom. The summed E-state index contributed by atoms with van der Waals surface area (Å²) in [6.07, 6.45) is 5.17. The molecule has 0 spiro atoms. The smallest absolute Gasteiger partial charge is 0.144 e. The van der Waals surface area contributed by atoms with E-state index in [9.17, 15) is 0 Å². The van der Waals surface area contributed by atoms with E-state index in [1.54, 1.807) is 6.20 Å². The van der Waals surface area contributed by atoms with Gasteiger partial charge in [-0.25, -0.2) is 9.97 Å². The Morgan fingerprint density at radius 2 is 2.13 bits per heavy atom. The Kier molecular flexibility index (Phi) is 4.80. The van der Waals surface area contributed by atoms with E-state index < -0.39 is 0 Å². The predicted molar refractivity (Wildman–Crippen MR) is 67.4 cm³/mol. The fourth-order valence-electron chi connectivity index (χ4n) is 1.30. The molecule has 1 heterocycles. The second kappa shape index (κ2) is 5.66. The van der Waals surface area contributed by atoms with Gasteiger partial charge in [-0.15, -0.1) is 11.6 Å². The third-order valence-electron chi connectivity index (χ3n) is 2.66. The topological polar surface area (TPSA) is 37.8 Å². The van der Waals surface area contributed by atoms with Crippen molar-refractivity contribution in [1.29, 1.82) is 0 Å². The molecular formula is C10H15BrClN3. The van der Waals surface area contributed by atoms with E-state index in [2.05, 4.69) is 45.1 Å². The minimum Gasteiger partial charge on any atom is -0.362 e.